The van der Waals surface area contributed by atoms with E-state index in [1.54, 1.807) is 29.8 Å². The number of aromatic nitrogens is 3. The molecule has 0 aliphatic rings. The molecule has 0 radical (unpaired) electrons. The van der Waals surface area contributed by atoms with Crippen molar-refractivity contribution in [2.45, 2.75) is 18.2 Å². The van der Waals surface area contributed by atoms with Gasteiger partial charge in [0, 0.05) is 12.8 Å². The van der Waals surface area contributed by atoms with Gasteiger partial charge >= 0.3 is 0 Å². The molecule has 0 aliphatic carbocycles. The minimum atomic E-state index is -0.657. The second kappa shape index (κ2) is 8.33. The number of aryl methyl sites for hydroxylation is 1. The lowest BCUT2D eigenvalue weighted by Crippen LogP contribution is -2.20. The van der Waals surface area contributed by atoms with Gasteiger partial charge in [0.05, 0.1) is 11.7 Å². The third-order valence-corrected chi connectivity index (χ3v) is 4.98. The van der Waals surface area contributed by atoms with Crippen LogP contribution >= 0.6 is 11.8 Å². The molecule has 7 heteroatoms. The van der Waals surface area contributed by atoms with Gasteiger partial charge in [0.1, 0.15) is 18.2 Å². The van der Waals surface area contributed by atoms with Gasteiger partial charge in [0.15, 0.2) is 11.0 Å². The van der Waals surface area contributed by atoms with Gasteiger partial charge in [-0.15, -0.1) is 10.2 Å². The Morgan fingerprint density at radius 1 is 1.15 bits per heavy atom. The minimum absolute atomic E-state index is 0.189. The van der Waals surface area contributed by atoms with Crippen molar-refractivity contribution in [2.75, 3.05) is 12.4 Å². The van der Waals surface area contributed by atoms with Gasteiger partial charge in [0.2, 0.25) is 0 Å². The lowest BCUT2D eigenvalue weighted by Gasteiger charge is -2.12. The van der Waals surface area contributed by atoms with Gasteiger partial charge in [0.25, 0.3) is 0 Å². The van der Waals surface area contributed by atoms with E-state index in [1.807, 2.05) is 31.2 Å². The quantitative estimate of drug-likeness (QED) is 0.643. The molecule has 0 bridgehead atoms. The Balaban J connectivity index is 1.56. The first kappa shape index (κ1) is 18.4. The topological polar surface area (TPSA) is 60.2 Å². The third-order valence-electron chi connectivity index (χ3n) is 3.82. The zero-order chi connectivity index (χ0) is 18.5. The van der Waals surface area contributed by atoms with Crippen LogP contribution in [0.1, 0.15) is 5.56 Å². The van der Waals surface area contributed by atoms with Gasteiger partial charge in [-0.1, -0.05) is 41.6 Å². The fourth-order valence-electron chi connectivity index (χ4n) is 2.36. The Morgan fingerprint density at radius 2 is 1.88 bits per heavy atom. The molecule has 0 saturated heterocycles. The monoisotopic (exact) mass is 373 g/mol. The molecule has 1 unspecified atom stereocenters. The number of aliphatic hydroxyl groups excluding tert-OH is 1. The van der Waals surface area contributed by atoms with Crippen LogP contribution in [0, 0.1) is 12.7 Å². The van der Waals surface area contributed by atoms with Crippen LogP contribution in [0.3, 0.4) is 0 Å². The third kappa shape index (κ3) is 4.42. The van der Waals surface area contributed by atoms with E-state index >= 15 is 0 Å². The molecule has 5 nitrogen and oxygen atoms in total. The van der Waals surface area contributed by atoms with Gasteiger partial charge in [-0.3, -0.25) is 0 Å². The first-order valence-corrected chi connectivity index (χ1v) is 9.18. The number of rotatable bonds is 7. The van der Waals surface area contributed by atoms with Gasteiger partial charge in [-0.25, -0.2) is 4.39 Å². The average Bonchev–Trinajstić information content (AvgIpc) is 3.00. The summed E-state index contributed by atoms with van der Waals surface area (Å²) in [6.45, 7) is 2.19. The minimum Gasteiger partial charge on any atom is -0.491 e. The molecule has 0 aliphatic heterocycles. The fraction of sp³-hybridized carbons (Fsp3) is 0.263. The van der Waals surface area contributed by atoms with Crippen molar-refractivity contribution < 1.29 is 14.2 Å². The Hall–Kier alpha value is -2.38. The van der Waals surface area contributed by atoms with Gasteiger partial charge in [-0.05, 0) is 31.2 Å². The van der Waals surface area contributed by atoms with Crippen LogP contribution in [0.5, 0.6) is 5.75 Å². The summed E-state index contributed by atoms with van der Waals surface area (Å²) in [7, 11) is 1.78. The predicted molar refractivity (Wildman–Crippen MR) is 99.8 cm³/mol. The van der Waals surface area contributed by atoms with Crippen molar-refractivity contribution in [2.24, 2.45) is 7.05 Å². The average molecular weight is 373 g/mol. The van der Waals surface area contributed by atoms with Gasteiger partial charge < -0.3 is 14.4 Å². The molecule has 1 N–H and O–H groups in total. The summed E-state index contributed by atoms with van der Waals surface area (Å²) in [6.07, 6.45) is -0.657. The van der Waals surface area contributed by atoms with Crippen molar-refractivity contribution in [3.8, 4) is 17.1 Å². The summed E-state index contributed by atoms with van der Waals surface area (Å²) in [4.78, 5) is 0. The molecule has 1 aromatic heterocycles. The normalized spacial score (nSPS) is 12.2. The molecule has 3 aromatic rings. The van der Waals surface area contributed by atoms with E-state index in [-0.39, 0.29) is 12.4 Å². The number of ether oxygens (including phenoxy) is 1. The van der Waals surface area contributed by atoms with E-state index in [0.29, 0.717) is 22.3 Å². The van der Waals surface area contributed by atoms with Crippen molar-refractivity contribution >= 4 is 11.8 Å². The number of hydrogen-bond acceptors (Lipinski definition) is 5. The molecule has 26 heavy (non-hydrogen) atoms. The highest BCUT2D eigenvalue weighted by atomic mass is 32.2. The SMILES string of the molecule is Cc1ccc(OCC(O)CSc2nnc(-c3ccccc3F)n2C)cc1. The van der Waals surface area contributed by atoms with E-state index in [1.165, 1.54) is 17.8 Å². The Kier molecular flexibility index (Phi) is 5.90. The van der Waals surface area contributed by atoms with E-state index in [2.05, 4.69) is 10.2 Å². The largest absolute Gasteiger partial charge is 0.491 e. The van der Waals surface area contributed by atoms with Crippen molar-refractivity contribution in [1.29, 1.82) is 0 Å². The Bertz CT molecular complexity index is 867. The van der Waals surface area contributed by atoms with Gasteiger partial charge in [-0.2, -0.15) is 0 Å². The second-order valence-electron chi connectivity index (χ2n) is 5.93. The molecule has 1 atom stereocenters. The standard InChI is InChI=1S/C19H20FN3O2S/c1-13-7-9-15(10-8-13)25-11-14(24)12-26-19-22-21-18(23(19)2)16-5-3-4-6-17(16)20/h3-10,14,24H,11-12H2,1-2H3. The number of benzene rings is 2. The summed E-state index contributed by atoms with van der Waals surface area (Å²) in [6, 6.07) is 14.1. The molecule has 0 amide bonds. The molecule has 136 valence electrons. The molecule has 1 heterocycles. The van der Waals surface area contributed by atoms with Crippen LogP contribution in [0.2, 0.25) is 0 Å². The van der Waals surface area contributed by atoms with Crippen molar-refractivity contribution in [3.05, 3.63) is 59.9 Å². The highest BCUT2D eigenvalue weighted by Gasteiger charge is 2.16. The van der Waals surface area contributed by atoms with Crippen LogP contribution in [0.25, 0.3) is 11.4 Å². The van der Waals surface area contributed by atoms with Crippen LogP contribution in [0.15, 0.2) is 53.7 Å². The number of halogens is 1. The van der Waals surface area contributed by atoms with E-state index in [4.69, 9.17) is 4.74 Å². The molecule has 2 aromatic carbocycles. The summed E-state index contributed by atoms with van der Waals surface area (Å²) >= 11 is 1.35. The summed E-state index contributed by atoms with van der Waals surface area (Å²) in [5.41, 5.74) is 1.55. The molecular formula is C19H20FN3O2S. The van der Waals surface area contributed by atoms with Crippen LogP contribution in [-0.4, -0.2) is 38.3 Å². The smallest absolute Gasteiger partial charge is 0.191 e. The fourth-order valence-corrected chi connectivity index (χ4v) is 3.18. The number of nitrogens with zero attached hydrogens (tertiary/aromatic N) is 3. The Labute approximate surface area is 155 Å². The summed E-state index contributed by atoms with van der Waals surface area (Å²) in [5.74, 6) is 1.23. The number of hydrogen-bond donors (Lipinski definition) is 1. The van der Waals surface area contributed by atoms with Crippen LogP contribution in [0.4, 0.5) is 4.39 Å². The lowest BCUT2D eigenvalue weighted by atomic mass is 10.2. The maximum absolute atomic E-state index is 13.9. The second-order valence-corrected chi connectivity index (χ2v) is 6.92. The first-order valence-electron chi connectivity index (χ1n) is 8.19. The zero-order valence-corrected chi connectivity index (χ0v) is 15.4. The first-order chi connectivity index (χ1) is 12.5. The van der Waals surface area contributed by atoms with E-state index in [9.17, 15) is 9.50 Å². The predicted octanol–water partition coefficient (Wildman–Crippen LogP) is 3.46. The highest BCUT2D eigenvalue weighted by Crippen LogP contribution is 2.25. The van der Waals surface area contributed by atoms with Crippen LogP contribution < -0.4 is 4.74 Å². The highest BCUT2D eigenvalue weighted by molar-refractivity contribution is 7.99. The summed E-state index contributed by atoms with van der Waals surface area (Å²) < 4.78 is 21.2. The summed E-state index contributed by atoms with van der Waals surface area (Å²) in [5, 5.41) is 18.9. The lowest BCUT2D eigenvalue weighted by molar-refractivity contribution is 0.126. The molecule has 0 saturated carbocycles. The number of aliphatic hydroxyl groups is 1. The van der Waals surface area contributed by atoms with Crippen molar-refractivity contribution in [1.82, 2.24) is 14.8 Å². The molecule has 0 spiro atoms. The molecular weight excluding hydrogens is 353 g/mol. The molecule has 0 fully saturated rings. The van der Waals surface area contributed by atoms with E-state index < -0.39 is 6.10 Å². The van der Waals surface area contributed by atoms with E-state index in [0.717, 1.165) is 11.3 Å². The maximum atomic E-state index is 13.9. The Morgan fingerprint density at radius 3 is 2.62 bits per heavy atom. The van der Waals surface area contributed by atoms with Crippen molar-refractivity contribution in [3.63, 3.8) is 0 Å². The molecule has 3 rings (SSSR count). The maximum Gasteiger partial charge on any atom is 0.191 e. The zero-order valence-electron chi connectivity index (χ0n) is 14.6. The van der Waals surface area contributed by atoms with Crippen LogP contribution in [-0.2, 0) is 7.05 Å². The number of thioether (sulfide) groups is 1.